The zero-order chi connectivity index (χ0) is 18.6. The van der Waals surface area contributed by atoms with Crippen molar-refractivity contribution in [3.8, 4) is 5.69 Å². The van der Waals surface area contributed by atoms with Crippen molar-refractivity contribution in [2.24, 2.45) is 0 Å². The molecule has 0 saturated carbocycles. The highest BCUT2D eigenvalue weighted by Crippen LogP contribution is 2.18. The Bertz CT molecular complexity index is 921. The maximum Gasteiger partial charge on any atom is 0.250 e. The lowest BCUT2D eigenvalue weighted by Gasteiger charge is -2.34. The maximum atomic E-state index is 12.6. The molecule has 0 aliphatic carbocycles. The lowest BCUT2D eigenvalue weighted by atomic mass is 10.1. The number of carbonyl (C=O) groups excluding carboxylic acids is 1. The summed E-state index contributed by atoms with van der Waals surface area (Å²) in [5, 5.41) is 12.1. The third kappa shape index (κ3) is 4.00. The van der Waals surface area contributed by atoms with Crippen LogP contribution < -0.4 is 4.90 Å². The number of hydrogen-bond donors (Lipinski definition) is 0. The summed E-state index contributed by atoms with van der Waals surface area (Å²) in [6.45, 7) is 2.73. The van der Waals surface area contributed by atoms with Crippen LogP contribution in [0.25, 0.3) is 5.69 Å². The molecule has 1 saturated heterocycles. The summed E-state index contributed by atoms with van der Waals surface area (Å²) in [4.78, 5) is 16.6. The number of halogens is 1. The van der Waals surface area contributed by atoms with Crippen LogP contribution in [0.15, 0.2) is 59.1 Å². The van der Waals surface area contributed by atoms with Crippen LogP contribution in [0.4, 0.5) is 5.95 Å². The van der Waals surface area contributed by atoms with Gasteiger partial charge in [0.25, 0.3) is 0 Å². The van der Waals surface area contributed by atoms with Gasteiger partial charge in [-0.3, -0.25) is 4.79 Å². The van der Waals surface area contributed by atoms with Crippen molar-refractivity contribution >= 4 is 27.8 Å². The van der Waals surface area contributed by atoms with E-state index in [2.05, 4.69) is 36.4 Å². The molecule has 2 aromatic carbocycles. The SMILES string of the molecule is O=C(Cc1cccc(Br)c1)N1CCN(c2nnnn2-c2ccccc2)CC1. The second kappa shape index (κ2) is 7.87. The zero-order valence-corrected chi connectivity index (χ0v) is 16.3. The molecule has 0 atom stereocenters. The molecule has 0 unspecified atom stereocenters. The zero-order valence-electron chi connectivity index (χ0n) is 14.7. The first-order chi connectivity index (χ1) is 13.2. The molecule has 1 fully saturated rings. The number of hydrogen-bond acceptors (Lipinski definition) is 5. The van der Waals surface area contributed by atoms with Gasteiger partial charge >= 0.3 is 0 Å². The normalized spacial score (nSPS) is 14.4. The monoisotopic (exact) mass is 426 g/mol. The quantitative estimate of drug-likeness (QED) is 0.640. The van der Waals surface area contributed by atoms with E-state index in [-0.39, 0.29) is 5.91 Å². The van der Waals surface area contributed by atoms with E-state index in [1.165, 1.54) is 0 Å². The fourth-order valence-corrected chi connectivity index (χ4v) is 3.65. The largest absolute Gasteiger partial charge is 0.339 e. The molecule has 0 radical (unpaired) electrons. The molecule has 0 bridgehead atoms. The summed E-state index contributed by atoms with van der Waals surface area (Å²) in [6, 6.07) is 17.7. The fraction of sp³-hybridized carbons (Fsp3) is 0.263. The third-order valence-electron chi connectivity index (χ3n) is 4.61. The van der Waals surface area contributed by atoms with E-state index in [0.717, 1.165) is 15.7 Å². The number of tetrazole rings is 1. The average molecular weight is 427 g/mol. The van der Waals surface area contributed by atoms with Crippen LogP contribution in [0.1, 0.15) is 5.56 Å². The predicted molar refractivity (Wildman–Crippen MR) is 106 cm³/mol. The summed E-state index contributed by atoms with van der Waals surface area (Å²) in [5.74, 6) is 0.857. The lowest BCUT2D eigenvalue weighted by molar-refractivity contribution is -0.130. The van der Waals surface area contributed by atoms with E-state index in [9.17, 15) is 4.79 Å². The highest BCUT2D eigenvalue weighted by atomic mass is 79.9. The number of rotatable bonds is 4. The van der Waals surface area contributed by atoms with Crippen LogP contribution in [0.2, 0.25) is 0 Å². The van der Waals surface area contributed by atoms with E-state index in [4.69, 9.17) is 0 Å². The molecule has 7 nitrogen and oxygen atoms in total. The molecule has 1 aliphatic rings. The first-order valence-electron chi connectivity index (χ1n) is 8.82. The topological polar surface area (TPSA) is 67.2 Å². The first-order valence-corrected chi connectivity index (χ1v) is 9.61. The molecule has 1 aliphatic heterocycles. The van der Waals surface area contributed by atoms with E-state index in [0.29, 0.717) is 38.5 Å². The Morgan fingerprint density at radius 1 is 1.00 bits per heavy atom. The number of carbonyl (C=O) groups is 1. The van der Waals surface area contributed by atoms with E-state index in [1.54, 1.807) is 4.68 Å². The van der Waals surface area contributed by atoms with Gasteiger partial charge in [0.1, 0.15) is 0 Å². The molecule has 138 valence electrons. The van der Waals surface area contributed by atoms with Crippen LogP contribution in [0.5, 0.6) is 0 Å². The summed E-state index contributed by atoms with van der Waals surface area (Å²) < 4.78 is 2.73. The van der Waals surface area contributed by atoms with Crippen molar-refractivity contribution in [1.82, 2.24) is 25.1 Å². The highest BCUT2D eigenvalue weighted by molar-refractivity contribution is 9.10. The fourth-order valence-electron chi connectivity index (χ4n) is 3.21. The Morgan fingerprint density at radius 2 is 1.78 bits per heavy atom. The van der Waals surface area contributed by atoms with Gasteiger partial charge in [-0.05, 0) is 40.3 Å². The number of aromatic nitrogens is 4. The number of nitrogens with zero attached hydrogens (tertiary/aromatic N) is 6. The van der Waals surface area contributed by atoms with Crippen LogP contribution in [0.3, 0.4) is 0 Å². The molecule has 2 heterocycles. The molecule has 4 rings (SSSR count). The van der Waals surface area contributed by atoms with E-state index in [1.807, 2.05) is 59.5 Å². The third-order valence-corrected chi connectivity index (χ3v) is 5.11. The van der Waals surface area contributed by atoms with Crippen LogP contribution in [-0.2, 0) is 11.2 Å². The van der Waals surface area contributed by atoms with Crippen molar-refractivity contribution in [1.29, 1.82) is 0 Å². The molecule has 8 heteroatoms. The Labute approximate surface area is 165 Å². The summed E-state index contributed by atoms with van der Waals surface area (Å²) in [7, 11) is 0. The smallest absolute Gasteiger partial charge is 0.250 e. The minimum Gasteiger partial charge on any atom is -0.339 e. The molecule has 27 heavy (non-hydrogen) atoms. The van der Waals surface area contributed by atoms with Gasteiger partial charge in [-0.1, -0.05) is 51.4 Å². The molecule has 1 aromatic heterocycles. The van der Waals surface area contributed by atoms with Gasteiger partial charge in [0.2, 0.25) is 11.9 Å². The first kappa shape index (κ1) is 17.7. The predicted octanol–water partition coefficient (Wildman–Crippen LogP) is 2.32. The number of piperazine rings is 1. The molecular weight excluding hydrogens is 408 g/mol. The molecule has 1 amide bonds. The Morgan fingerprint density at radius 3 is 2.52 bits per heavy atom. The molecular formula is C19H19BrN6O. The standard InChI is InChI=1S/C19H19BrN6O/c20-16-6-4-5-15(13-16)14-18(27)24-9-11-25(12-10-24)19-21-22-23-26(19)17-7-2-1-3-8-17/h1-8,13H,9-12,14H2. The Hall–Kier alpha value is -2.74. The minimum atomic E-state index is 0.149. The van der Waals surface area contributed by atoms with Crippen molar-refractivity contribution in [2.75, 3.05) is 31.1 Å². The van der Waals surface area contributed by atoms with Crippen LogP contribution >= 0.6 is 15.9 Å². The summed E-state index contributed by atoms with van der Waals surface area (Å²) in [6.07, 6.45) is 0.418. The average Bonchev–Trinajstić information content (AvgIpc) is 3.19. The van der Waals surface area contributed by atoms with Crippen molar-refractivity contribution in [2.45, 2.75) is 6.42 Å². The van der Waals surface area contributed by atoms with Crippen LogP contribution in [-0.4, -0.2) is 57.2 Å². The van der Waals surface area contributed by atoms with Gasteiger partial charge < -0.3 is 9.80 Å². The second-order valence-corrected chi connectivity index (χ2v) is 7.32. The van der Waals surface area contributed by atoms with Crippen molar-refractivity contribution < 1.29 is 4.79 Å². The summed E-state index contributed by atoms with van der Waals surface area (Å²) >= 11 is 3.45. The van der Waals surface area contributed by atoms with Crippen molar-refractivity contribution in [3.05, 3.63) is 64.6 Å². The number of para-hydroxylation sites is 1. The maximum absolute atomic E-state index is 12.6. The van der Waals surface area contributed by atoms with Crippen molar-refractivity contribution in [3.63, 3.8) is 0 Å². The molecule has 0 N–H and O–H groups in total. The minimum absolute atomic E-state index is 0.149. The second-order valence-electron chi connectivity index (χ2n) is 6.40. The Kier molecular flexibility index (Phi) is 5.15. The molecule has 0 spiro atoms. The van der Waals surface area contributed by atoms with Gasteiger partial charge in [0.15, 0.2) is 0 Å². The molecule has 3 aromatic rings. The van der Waals surface area contributed by atoms with Gasteiger partial charge in [0.05, 0.1) is 12.1 Å². The van der Waals surface area contributed by atoms with Gasteiger partial charge in [-0.2, -0.15) is 4.68 Å². The summed E-state index contributed by atoms with van der Waals surface area (Å²) in [5.41, 5.74) is 1.94. The number of benzene rings is 2. The Balaban J connectivity index is 1.40. The van der Waals surface area contributed by atoms with Gasteiger partial charge in [-0.25, -0.2) is 0 Å². The highest BCUT2D eigenvalue weighted by Gasteiger charge is 2.24. The number of anilines is 1. The van der Waals surface area contributed by atoms with Gasteiger partial charge in [0, 0.05) is 30.7 Å². The van der Waals surface area contributed by atoms with E-state index < -0.39 is 0 Å². The number of amides is 1. The lowest BCUT2D eigenvalue weighted by Crippen LogP contribution is -2.50. The van der Waals surface area contributed by atoms with Gasteiger partial charge in [-0.15, -0.1) is 0 Å². The van der Waals surface area contributed by atoms with Crippen LogP contribution in [0, 0.1) is 0 Å². The van der Waals surface area contributed by atoms with E-state index >= 15 is 0 Å².